The Morgan fingerprint density at radius 3 is 2.55 bits per heavy atom. The van der Waals surface area contributed by atoms with Gasteiger partial charge in [0.05, 0.1) is 6.61 Å². The molecule has 0 aromatic carbocycles. The molecule has 0 spiro atoms. The van der Waals surface area contributed by atoms with Crippen LogP contribution in [0.4, 0.5) is 4.79 Å². The minimum atomic E-state index is -1.88. The van der Waals surface area contributed by atoms with E-state index in [4.69, 9.17) is 9.26 Å². The van der Waals surface area contributed by atoms with E-state index < -0.39 is 12.8 Å². The first-order chi connectivity index (χ1) is 9.35. The number of carbonyl (C=O) groups excluding carboxylic acids is 1. The third-order valence-electron chi connectivity index (χ3n) is 1.83. The predicted molar refractivity (Wildman–Crippen MR) is 89.3 cm³/mol. The van der Waals surface area contributed by atoms with E-state index in [9.17, 15) is 9.36 Å². The van der Waals surface area contributed by atoms with Crippen LogP contribution in [0, 0.1) is 0 Å². The van der Waals surface area contributed by atoms with Crippen LogP contribution in [0.25, 0.3) is 0 Å². The summed E-state index contributed by atoms with van der Waals surface area (Å²) in [7, 11) is -1.88. The Hall–Kier alpha value is 0.160. The Morgan fingerprint density at radius 1 is 1.25 bits per heavy atom. The van der Waals surface area contributed by atoms with Crippen molar-refractivity contribution in [2.45, 2.75) is 39.7 Å². The molecule has 0 aliphatic heterocycles. The molecule has 8 heteroatoms. The Morgan fingerprint density at radius 2 is 1.95 bits per heavy atom. The highest BCUT2D eigenvalue weighted by molar-refractivity contribution is 8.50. The minimum absolute atomic E-state index is 0.371. The standard InChI is InChI=1S/C12H26NO4PS2/c1-5-16-18(15)20-9-6-8-19-10-7-13-11(14)17-12(2,3)4/h18H,5-10H2,1-4H3,(H,13,14). The van der Waals surface area contributed by atoms with Crippen LogP contribution in [0.1, 0.15) is 34.1 Å². The topological polar surface area (TPSA) is 64.6 Å². The first-order valence-electron chi connectivity index (χ1n) is 6.69. The van der Waals surface area contributed by atoms with E-state index in [1.165, 1.54) is 11.4 Å². The zero-order chi connectivity index (χ0) is 15.4. The van der Waals surface area contributed by atoms with E-state index in [0.717, 1.165) is 23.7 Å². The molecular weight excluding hydrogens is 317 g/mol. The summed E-state index contributed by atoms with van der Waals surface area (Å²) in [6, 6.07) is 0. The quantitative estimate of drug-likeness (QED) is 0.481. The number of carbonyl (C=O) groups is 1. The maximum absolute atomic E-state index is 11.3. The number of hydrogen-bond acceptors (Lipinski definition) is 6. The second-order valence-electron chi connectivity index (χ2n) is 4.93. The van der Waals surface area contributed by atoms with Crippen LogP contribution in [0.5, 0.6) is 0 Å². The van der Waals surface area contributed by atoms with Crippen LogP contribution in [-0.2, 0) is 13.8 Å². The van der Waals surface area contributed by atoms with Gasteiger partial charge in [0.15, 0.2) is 0 Å². The molecule has 0 saturated heterocycles. The van der Waals surface area contributed by atoms with Crippen LogP contribution >= 0.6 is 30.4 Å². The van der Waals surface area contributed by atoms with Crippen LogP contribution in [0.3, 0.4) is 0 Å². The molecule has 1 unspecified atom stereocenters. The molecule has 0 rings (SSSR count). The van der Waals surface area contributed by atoms with E-state index >= 15 is 0 Å². The largest absolute Gasteiger partial charge is 0.444 e. The average Bonchev–Trinajstić information content (AvgIpc) is 2.30. The molecule has 0 bridgehead atoms. The fourth-order valence-corrected chi connectivity index (χ4v) is 4.41. The zero-order valence-corrected chi connectivity index (χ0v) is 15.3. The molecule has 1 atom stereocenters. The van der Waals surface area contributed by atoms with Crippen LogP contribution in [0.15, 0.2) is 0 Å². The maximum Gasteiger partial charge on any atom is 0.407 e. The van der Waals surface area contributed by atoms with Crippen LogP contribution in [-0.4, -0.2) is 42.1 Å². The summed E-state index contributed by atoms with van der Waals surface area (Å²) >= 11 is 3.16. The summed E-state index contributed by atoms with van der Waals surface area (Å²) < 4.78 is 21.3. The molecule has 0 heterocycles. The van der Waals surface area contributed by atoms with Crippen molar-refractivity contribution in [1.29, 1.82) is 0 Å². The summed E-state index contributed by atoms with van der Waals surface area (Å²) in [5.74, 6) is 2.69. The van der Waals surface area contributed by atoms with Crippen molar-refractivity contribution in [3.05, 3.63) is 0 Å². The van der Waals surface area contributed by atoms with Crippen molar-refractivity contribution >= 4 is 36.5 Å². The number of alkyl carbamates (subject to hydrolysis) is 1. The fourth-order valence-electron chi connectivity index (χ4n) is 1.12. The van der Waals surface area contributed by atoms with E-state index in [-0.39, 0.29) is 6.09 Å². The zero-order valence-electron chi connectivity index (χ0n) is 12.7. The van der Waals surface area contributed by atoms with Gasteiger partial charge in [-0.3, -0.25) is 4.57 Å². The van der Waals surface area contributed by atoms with Gasteiger partial charge in [-0.05, 0) is 39.9 Å². The molecule has 0 aliphatic carbocycles. The molecule has 0 saturated carbocycles. The first-order valence-corrected chi connectivity index (χ1v) is 10.9. The van der Waals surface area contributed by atoms with Gasteiger partial charge < -0.3 is 14.6 Å². The van der Waals surface area contributed by atoms with Crippen molar-refractivity contribution in [1.82, 2.24) is 5.32 Å². The van der Waals surface area contributed by atoms with Crippen LogP contribution < -0.4 is 5.32 Å². The fraction of sp³-hybridized carbons (Fsp3) is 0.917. The van der Waals surface area contributed by atoms with Gasteiger partial charge in [0.25, 0.3) is 0 Å². The van der Waals surface area contributed by atoms with Gasteiger partial charge in [0.1, 0.15) is 5.60 Å². The number of amides is 1. The van der Waals surface area contributed by atoms with Gasteiger partial charge >= 0.3 is 6.09 Å². The summed E-state index contributed by atoms with van der Waals surface area (Å²) in [5, 5.41) is 2.71. The molecule has 0 aromatic rings. The Kier molecular flexibility index (Phi) is 11.9. The summed E-state index contributed by atoms with van der Waals surface area (Å²) in [5.41, 5.74) is -0.452. The lowest BCUT2D eigenvalue weighted by molar-refractivity contribution is 0.0531. The normalized spacial score (nSPS) is 13.0. The molecule has 0 radical (unpaired) electrons. The first kappa shape index (κ1) is 20.2. The van der Waals surface area contributed by atoms with Gasteiger partial charge in [0, 0.05) is 18.1 Å². The number of hydrogen-bond donors (Lipinski definition) is 1. The highest BCUT2D eigenvalue weighted by Crippen LogP contribution is 2.38. The molecule has 1 N–H and O–H groups in total. The molecular formula is C12H26NO4PS2. The highest BCUT2D eigenvalue weighted by atomic mass is 32.7. The van der Waals surface area contributed by atoms with Crippen molar-refractivity contribution in [2.24, 2.45) is 0 Å². The maximum atomic E-state index is 11.3. The number of nitrogens with one attached hydrogen (secondary N) is 1. The van der Waals surface area contributed by atoms with Gasteiger partial charge in [-0.1, -0.05) is 11.4 Å². The van der Waals surface area contributed by atoms with Crippen molar-refractivity contribution < 1.29 is 18.6 Å². The highest BCUT2D eigenvalue weighted by Gasteiger charge is 2.15. The average molecular weight is 343 g/mol. The number of rotatable bonds is 10. The molecule has 0 aromatic heterocycles. The second kappa shape index (κ2) is 11.8. The van der Waals surface area contributed by atoms with E-state index in [1.54, 1.807) is 11.8 Å². The van der Waals surface area contributed by atoms with E-state index in [2.05, 4.69) is 5.32 Å². The third-order valence-corrected chi connectivity index (χ3v) is 5.83. The van der Waals surface area contributed by atoms with Gasteiger partial charge in [-0.15, -0.1) is 0 Å². The van der Waals surface area contributed by atoms with E-state index in [1.807, 2.05) is 27.7 Å². The summed E-state index contributed by atoms with van der Waals surface area (Å²) in [6.45, 7) is 8.47. The minimum Gasteiger partial charge on any atom is -0.444 e. The molecule has 0 aliphatic rings. The van der Waals surface area contributed by atoms with Gasteiger partial charge in [-0.25, -0.2) is 4.79 Å². The van der Waals surface area contributed by atoms with Crippen molar-refractivity contribution in [3.63, 3.8) is 0 Å². The number of thioether (sulfide) groups is 1. The smallest absolute Gasteiger partial charge is 0.407 e. The molecule has 5 nitrogen and oxygen atoms in total. The van der Waals surface area contributed by atoms with Gasteiger partial charge in [0.2, 0.25) is 7.23 Å². The monoisotopic (exact) mass is 343 g/mol. The Bertz CT molecular complexity index is 298. The van der Waals surface area contributed by atoms with Crippen LogP contribution in [0.2, 0.25) is 0 Å². The third kappa shape index (κ3) is 14.6. The van der Waals surface area contributed by atoms with Gasteiger partial charge in [-0.2, -0.15) is 11.8 Å². The Labute approximate surface area is 130 Å². The number of ether oxygens (including phenoxy) is 1. The SMILES string of the molecule is CCO[PH](=O)SCCCSCCNC(=O)OC(C)(C)C. The molecule has 1 amide bonds. The lowest BCUT2D eigenvalue weighted by atomic mass is 10.2. The molecule has 0 fully saturated rings. The second-order valence-corrected chi connectivity index (χ2v) is 9.50. The summed E-state index contributed by atoms with van der Waals surface area (Å²) in [4.78, 5) is 11.3. The lowest BCUT2D eigenvalue weighted by Crippen LogP contribution is -2.33. The molecule has 20 heavy (non-hydrogen) atoms. The Balaban J connectivity index is 3.33. The van der Waals surface area contributed by atoms with Crippen molar-refractivity contribution in [2.75, 3.05) is 30.4 Å². The van der Waals surface area contributed by atoms with E-state index in [0.29, 0.717) is 13.2 Å². The predicted octanol–water partition coefficient (Wildman–Crippen LogP) is 3.79. The summed E-state index contributed by atoms with van der Waals surface area (Å²) in [6.07, 6.45) is 0.620. The van der Waals surface area contributed by atoms with Crippen molar-refractivity contribution in [3.8, 4) is 0 Å². The molecule has 120 valence electrons. The lowest BCUT2D eigenvalue weighted by Gasteiger charge is -2.19.